The Morgan fingerprint density at radius 1 is 1.09 bits per heavy atom. The van der Waals surface area contributed by atoms with Gasteiger partial charge in [0.25, 0.3) is 0 Å². The number of hydrogen-bond acceptors (Lipinski definition) is 5. The Hall–Kier alpha value is -2.31. The molecule has 0 aromatic heterocycles. The van der Waals surface area contributed by atoms with Crippen LogP contribution < -0.4 is 15.2 Å². The number of nitrogens with two attached hydrogens (primary N) is 1. The molecule has 118 valence electrons. The second kappa shape index (κ2) is 7.11. The Bertz CT molecular complexity index is 629. The summed E-state index contributed by atoms with van der Waals surface area (Å²) < 4.78 is 24.5. The maximum absolute atomic E-state index is 14.2. The van der Waals surface area contributed by atoms with Gasteiger partial charge in [-0.15, -0.1) is 0 Å². The normalized spacial score (nSPS) is 10.8. The lowest BCUT2D eigenvalue weighted by Crippen LogP contribution is -2.07. The number of halogens is 1. The average molecular weight is 307 g/mol. The predicted molar refractivity (Wildman–Crippen MR) is 80.2 cm³/mol. The summed E-state index contributed by atoms with van der Waals surface area (Å²) in [4.78, 5) is 0. The molecule has 0 aliphatic heterocycles. The van der Waals surface area contributed by atoms with E-state index in [1.807, 2.05) is 12.1 Å². The van der Waals surface area contributed by atoms with Gasteiger partial charge in [-0.25, -0.2) is 4.39 Å². The van der Waals surface area contributed by atoms with Crippen LogP contribution in [0, 0.1) is 5.82 Å². The van der Waals surface area contributed by atoms with Crippen LogP contribution in [0.4, 0.5) is 10.1 Å². The molecule has 0 spiro atoms. The number of rotatable bonds is 6. The molecule has 5 nitrogen and oxygen atoms in total. The minimum Gasteiger partial charge on any atom is -0.496 e. The fraction of sp³-hybridized carbons (Fsp3) is 0.250. The molecule has 0 saturated heterocycles. The monoisotopic (exact) mass is 307 g/mol. The van der Waals surface area contributed by atoms with Crippen LogP contribution >= 0.6 is 0 Å². The molecule has 2 aromatic carbocycles. The molecule has 0 radical (unpaired) electrons. The average Bonchev–Trinajstić information content (AvgIpc) is 2.50. The molecule has 6 heteroatoms. The number of benzene rings is 2. The minimum absolute atomic E-state index is 0.0541. The fourth-order valence-electron chi connectivity index (χ4n) is 2.05. The van der Waals surface area contributed by atoms with Crippen LogP contribution in [-0.4, -0.2) is 23.9 Å². The van der Waals surface area contributed by atoms with E-state index in [1.54, 1.807) is 12.1 Å². The summed E-state index contributed by atoms with van der Waals surface area (Å²) in [6, 6.07) is 10.1. The van der Waals surface area contributed by atoms with Gasteiger partial charge in [0.15, 0.2) is 17.9 Å². The Balaban J connectivity index is 2.07. The molecule has 0 amide bonds. The molecule has 0 aliphatic carbocycles. The van der Waals surface area contributed by atoms with E-state index in [0.717, 1.165) is 5.56 Å². The zero-order valence-electron chi connectivity index (χ0n) is 12.1. The van der Waals surface area contributed by atoms with Gasteiger partial charge in [0.05, 0.1) is 19.3 Å². The van der Waals surface area contributed by atoms with Crippen molar-refractivity contribution in [3.8, 4) is 11.5 Å². The molecular formula is C16H18FNO4. The summed E-state index contributed by atoms with van der Waals surface area (Å²) in [5, 5.41) is 18.5. The summed E-state index contributed by atoms with van der Waals surface area (Å²) in [6.07, 6.45) is -1.40. The summed E-state index contributed by atoms with van der Waals surface area (Å²) in [7, 11) is 1.32. The lowest BCUT2D eigenvalue weighted by atomic mass is 10.1. The number of nitrogen functional groups attached to an aromatic ring is 1. The van der Waals surface area contributed by atoms with Gasteiger partial charge >= 0.3 is 0 Å². The van der Waals surface area contributed by atoms with E-state index in [-0.39, 0.29) is 23.7 Å². The third-order valence-electron chi connectivity index (χ3n) is 3.21. The summed E-state index contributed by atoms with van der Waals surface area (Å²) in [5.74, 6) is -0.843. The molecule has 2 rings (SSSR count). The molecule has 0 bridgehead atoms. The van der Waals surface area contributed by atoms with Crippen molar-refractivity contribution >= 4 is 5.69 Å². The first-order chi connectivity index (χ1) is 10.5. The number of ether oxygens (including phenoxy) is 2. The van der Waals surface area contributed by atoms with Gasteiger partial charge in [0.2, 0.25) is 0 Å². The van der Waals surface area contributed by atoms with Crippen molar-refractivity contribution in [1.82, 2.24) is 0 Å². The van der Waals surface area contributed by atoms with Crippen molar-refractivity contribution in [2.75, 3.05) is 19.5 Å². The van der Waals surface area contributed by atoms with Crippen molar-refractivity contribution in [3.63, 3.8) is 0 Å². The zero-order valence-corrected chi connectivity index (χ0v) is 12.1. The third kappa shape index (κ3) is 3.66. The highest BCUT2D eigenvalue weighted by Gasteiger charge is 2.20. The van der Waals surface area contributed by atoms with Gasteiger partial charge in [0.1, 0.15) is 5.75 Å². The first-order valence-electron chi connectivity index (χ1n) is 6.72. The summed E-state index contributed by atoms with van der Waals surface area (Å²) >= 11 is 0. The lowest BCUT2D eigenvalue weighted by molar-refractivity contribution is -0.0467. The molecule has 4 N–H and O–H groups in total. The van der Waals surface area contributed by atoms with E-state index in [4.69, 9.17) is 15.2 Å². The second-order valence-electron chi connectivity index (χ2n) is 4.71. The summed E-state index contributed by atoms with van der Waals surface area (Å²) in [6.45, 7) is 0.244. The van der Waals surface area contributed by atoms with Gasteiger partial charge in [-0.3, -0.25) is 0 Å². The number of anilines is 1. The molecule has 2 aromatic rings. The summed E-state index contributed by atoms with van der Waals surface area (Å²) in [5.41, 5.74) is 6.94. The van der Waals surface area contributed by atoms with Crippen molar-refractivity contribution in [1.29, 1.82) is 0 Å². The second-order valence-corrected chi connectivity index (χ2v) is 4.71. The van der Waals surface area contributed by atoms with Gasteiger partial charge in [-0.1, -0.05) is 12.1 Å². The molecule has 0 atom stereocenters. The molecule has 0 aliphatic rings. The Labute approximate surface area is 127 Å². The van der Waals surface area contributed by atoms with Gasteiger partial charge in [-0.05, 0) is 29.8 Å². The first-order valence-corrected chi connectivity index (χ1v) is 6.72. The topological polar surface area (TPSA) is 84.9 Å². The van der Waals surface area contributed by atoms with Crippen LogP contribution in [0.1, 0.15) is 17.4 Å². The van der Waals surface area contributed by atoms with E-state index in [2.05, 4.69) is 0 Å². The highest BCUT2D eigenvalue weighted by Crippen LogP contribution is 2.32. The lowest BCUT2D eigenvalue weighted by Gasteiger charge is -2.14. The van der Waals surface area contributed by atoms with Crippen LogP contribution in [0.25, 0.3) is 0 Å². The van der Waals surface area contributed by atoms with Crippen LogP contribution in [0.15, 0.2) is 36.4 Å². The Morgan fingerprint density at radius 2 is 1.73 bits per heavy atom. The van der Waals surface area contributed by atoms with Crippen molar-refractivity contribution in [2.45, 2.75) is 12.7 Å². The van der Waals surface area contributed by atoms with E-state index >= 15 is 0 Å². The number of aliphatic hydroxyl groups excluding tert-OH is 1. The standard InChI is InChI=1S/C16H18FNO4/c1-21-12-6-7-13(15(17)14(12)16(19)20)22-9-8-10-2-4-11(18)5-3-10/h2-7,16,19-20H,8-9,18H2,1H3. The van der Waals surface area contributed by atoms with Crippen molar-refractivity contribution in [2.24, 2.45) is 0 Å². The van der Waals surface area contributed by atoms with Crippen LogP contribution in [-0.2, 0) is 6.42 Å². The molecule has 0 unspecified atom stereocenters. The number of methoxy groups -OCH3 is 1. The molecule has 0 fully saturated rings. The van der Waals surface area contributed by atoms with Crippen LogP contribution in [0.3, 0.4) is 0 Å². The van der Waals surface area contributed by atoms with E-state index in [1.165, 1.54) is 19.2 Å². The van der Waals surface area contributed by atoms with E-state index < -0.39 is 12.1 Å². The van der Waals surface area contributed by atoms with Crippen LogP contribution in [0.2, 0.25) is 0 Å². The molecular weight excluding hydrogens is 289 g/mol. The Kier molecular flexibility index (Phi) is 5.19. The quantitative estimate of drug-likeness (QED) is 0.561. The third-order valence-corrected chi connectivity index (χ3v) is 3.21. The molecule has 0 heterocycles. The fourth-order valence-corrected chi connectivity index (χ4v) is 2.05. The molecule has 0 saturated carbocycles. The van der Waals surface area contributed by atoms with E-state index in [0.29, 0.717) is 12.1 Å². The maximum atomic E-state index is 14.2. The molecule has 22 heavy (non-hydrogen) atoms. The number of hydrogen-bond donors (Lipinski definition) is 3. The smallest absolute Gasteiger partial charge is 0.185 e. The maximum Gasteiger partial charge on any atom is 0.185 e. The SMILES string of the molecule is COc1ccc(OCCc2ccc(N)cc2)c(F)c1C(O)O. The van der Waals surface area contributed by atoms with Gasteiger partial charge < -0.3 is 25.4 Å². The largest absolute Gasteiger partial charge is 0.496 e. The predicted octanol–water partition coefficient (Wildman–Crippen LogP) is 2.02. The van der Waals surface area contributed by atoms with E-state index in [9.17, 15) is 14.6 Å². The highest BCUT2D eigenvalue weighted by atomic mass is 19.1. The highest BCUT2D eigenvalue weighted by molar-refractivity contribution is 5.43. The zero-order chi connectivity index (χ0) is 16.1. The van der Waals surface area contributed by atoms with Crippen molar-refractivity contribution < 1.29 is 24.1 Å². The van der Waals surface area contributed by atoms with Crippen molar-refractivity contribution in [3.05, 3.63) is 53.3 Å². The first kappa shape index (κ1) is 16.1. The minimum atomic E-state index is -1.98. The van der Waals surface area contributed by atoms with Crippen LogP contribution in [0.5, 0.6) is 11.5 Å². The van der Waals surface area contributed by atoms with Gasteiger partial charge in [-0.2, -0.15) is 0 Å². The van der Waals surface area contributed by atoms with Gasteiger partial charge in [0, 0.05) is 12.1 Å². The number of aliphatic hydroxyl groups is 2. The Morgan fingerprint density at radius 3 is 2.32 bits per heavy atom.